The lowest BCUT2D eigenvalue weighted by Crippen LogP contribution is -2.49. The second-order valence-corrected chi connectivity index (χ2v) is 9.62. The van der Waals surface area contributed by atoms with Crippen LogP contribution in [0.4, 0.5) is 0 Å². The van der Waals surface area contributed by atoms with Crippen molar-refractivity contribution in [2.75, 3.05) is 19.6 Å². The van der Waals surface area contributed by atoms with Crippen LogP contribution in [0.5, 0.6) is 5.75 Å². The van der Waals surface area contributed by atoms with Gasteiger partial charge >= 0.3 is 0 Å². The fraction of sp³-hybridized carbons (Fsp3) is 0.577. The van der Waals surface area contributed by atoms with Crippen molar-refractivity contribution in [3.05, 3.63) is 47.8 Å². The molecule has 0 radical (unpaired) electrons. The van der Waals surface area contributed by atoms with Gasteiger partial charge in [0.2, 0.25) is 5.91 Å². The van der Waals surface area contributed by atoms with Gasteiger partial charge in [-0.15, -0.1) is 0 Å². The van der Waals surface area contributed by atoms with Gasteiger partial charge < -0.3 is 15.0 Å². The summed E-state index contributed by atoms with van der Waals surface area (Å²) in [5, 5.41) is 7.34. The van der Waals surface area contributed by atoms with Crippen LogP contribution in [0.25, 0.3) is 0 Å². The average molecular weight is 453 g/mol. The van der Waals surface area contributed by atoms with Crippen LogP contribution in [0.2, 0.25) is 0 Å². The highest BCUT2D eigenvalue weighted by molar-refractivity contribution is 5.80. The first-order valence-electron chi connectivity index (χ1n) is 12.2. The molecule has 2 aliphatic heterocycles. The van der Waals surface area contributed by atoms with Crippen molar-refractivity contribution in [3.8, 4) is 5.75 Å². The van der Waals surface area contributed by atoms with E-state index in [4.69, 9.17) is 4.74 Å². The number of rotatable bonds is 3. The highest BCUT2D eigenvalue weighted by Gasteiger charge is 2.36. The fourth-order valence-electron chi connectivity index (χ4n) is 5.09. The SMILES string of the molecule is C[C@H]1Oc2ccccc2CCCCC2(CCN(C(=O)CCc3ccnn3C)CC2)CNC1=O. The number of piperidine rings is 1. The van der Waals surface area contributed by atoms with Crippen molar-refractivity contribution in [1.82, 2.24) is 20.0 Å². The molecule has 7 heteroatoms. The van der Waals surface area contributed by atoms with Gasteiger partial charge in [-0.25, -0.2) is 0 Å². The molecule has 3 heterocycles. The molecule has 7 nitrogen and oxygen atoms in total. The molecule has 2 aromatic rings. The molecule has 33 heavy (non-hydrogen) atoms. The summed E-state index contributed by atoms with van der Waals surface area (Å²) in [5.74, 6) is 0.953. The predicted molar refractivity (Wildman–Crippen MR) is 127 cm³/mol. The monoisotopic (exact) mass is 452 g/mol. The van der Waals surface area contributed by atoms with Crippen LogP contribution in [-0.4, -0.2) is 52.2 Å². The molecule has 1 aromatic heterocycles. The number of hydrogen-bond donors (Lipinski definition) is 1. The largest absolute Gasteiger partial charge is 0.481 e. The molecule has 2 amide bonds. The molecular formula is C26H36N4O3. The van der Waals surface area contributed by atoms with Gasteiger partial charge in [0.1, 0.15) is 5.75 Å². The van der Waals surface area contributed by atoms with E-state index in [1.165, 1.54) is 5.56 Å². The number of aromatic nitrogens is 2. The maximum absolute atomic E-state index is 12.8. The topological polar surface area (TPSA) is 76.5 Å². The Bertz CT molecular complexity index is 962. The third-order valence-electron chi connectivity index (χ3n) is 7.38. The second-order valence-electron chi connectivity index (χ2n) is 9.62. The maximum atomic E-state index is 12.8. The molecule has 1 spiro atoms. The Kier molecular flexibility index (Phi) is 7.36. The highest BCUT2D eigenvalue weighted by Crippen LogP contribution is 2.37. The van der Waals surface area contributed by atoms with Crippen LogP contribution in [0.3, 0.4) is 0 Å². The van der Waals surface area contributed by atoms with Crippen molar-refractivity contribution >= 4 is 11.8 Å². The standard InChI is InChI=1S/C26H36N4O3/c1-20-25(32)27-19-26(13-6-5-8-21-7-3-4-9-23(21)33-20)14-17-30(18-15-26)24(31)11-10-22-12-16-28-29(22)2/h3-4,7,9,12,16,20H,5-6,8,10-11,13-15,17-19H2,1-2H3,(H,27,32)/t20-/m1/s1. The van der Waals surface area contributed by atoms with E-state index < -0.39 is 6.10 Å². The number of ether oxygens (including phenoxy) is 1. The zero-order valence-corrected chi connectivity index (χ0v) is 19.9. The van der Waals surface area contributed by atoms with Crippen molar-refractivity contribution in [1.29, 1.82) is 0 Å². The molecule has 0 bridgehead atoms. The minimum Gasteiger partial charge on any atom is -0.481 e. The molecule has 1 atom stereocenters. The lowest BCUT2D eigenvalue weighted by molar-refractivity contribution is -0.134. The first-order chi connectivity index (χ1) is 16.0. The predicted octanol–water partition coefficient (Wildman–Crippen LogP) is 3.27. The van der Waals surface area contributed by atoms with Crippen LogP contribution in [0.15, 0.2) is 36.5 Å². The van der Waals surface area contributed by atoms with E-state index in [0.29, 0.717) is 19.4 Å². The molecule has 0 unspecified atom stereocenters. The van der Waals surface area contributed by atoms with E-state index in [1.807, 2.05) is 47.8 Å². The van der Waals surface area contributed by atoms with Gasteiger partial charge in [0.25, 0.3) is 5.91 Å². The van der Waals surface area contributed by atoms with Gasteiger partial charge in [0, 0.05) is 45.0 Å². The molecule has 0 aliphatic carbocycles. The summed E-state index contributed by atoms with van der Waals surface area (Å²) in [6.07, 6.45) is 8.55. The minimum atomic E-state index is -0.531. The van der Waals surface area contributed by atoms with Gasteiger partial charge in [-0.05, 0) is 68.6 Å². The van der Waals surface area contributed by atoms with Crippen LogP contribution in [-0.2, 0) is 29.5 Å². The Morgan fingerprint density at radius 2 is 1.97 bits per heavy atom. The first kappa shape index (κ1) is 23.3. The van der Waals surface area contributed by atoms with Crippen LogP contribution in [0.1, 0.15) is 56.7 Å². The molecule has 178 valence electrons. The summed E-state index contributed by atoms with van der Waals surface area (Å²) in [6, 6.07) is 10.00. The van der Waals surface area contributed by atoms with E-state index in [9.17, 15) is 9.59 Å². The lowest BCUT2D eigenvalue weighted by Gasteiger charge is -2.42. The lowest BCUT2D eigenvalue weighted by atomic mass is 9.74. The molecule has 0 saturated carbocycles. The third-order valence-corrected chi connectivity index (χ3v) is 7.38. The summed E-state index contributed by atoms with van der Waals surface area (Å²) in [6.45, 7) is 3.98. The molecule has 1 fully saturated rings. The van der Waals surface area contributed by atoms with E-state index in [0.717, 1.165) is 63.1 Å². The van der Waals surface area contributed by atoms with E-state index >= 15 is 0 Å². The Balaban J connectivity index is 1.35. The number of fused-ring (bicyclic) bond motifs is 1. The summed E-state index contributed by atoms with van der Waals surface area (Å²) >= 11 is 0. The second kappa shape index (κ2) is 10.4. The Labute approximate surface area is 196 Å². The van der Waals surface area contributed by atoms with Gasteiger partial charge in [-0.3, -0.25) is 14.3 Å². The van der Waals surface area contributed by atoms with Gasteiger partial charge in [0.15, 0.2) is 6.10 Å². The smallest absolute Gasteiger partial charge is 0.260 e. The van der Waals surface area contributed by atoms with Crippen molar-refractivity contribution in [2.24, 2.45) is 12.5 Å². The highest BCUT2D eigenvalue weighted by atomic mass is 16.5. The third kappa shape index (κ3) is 5.75. The summed E-state index contributed by atoms with van der Waals surface area (Å²) in [4.78, 5) is 27.6. The number of nitrogens with zero attached hydrogens (tertiary/aromatic N) is 3. The normalized spacial score (nSPS) is 21.3. The summed E-state index contributed by atoms with van der Waals surface area (Å²) < 4.78 is 7.83. The van der Waals surface area contributed by atoms with Gasteiger partial charge in [-0.1, -0.05) is 24.6 Å². The first-order valence-corrected chi connectivity index (χ1v) is 12.2. The Morgan fingerprint density at radius 3 is 2.73 bits per heavy atom. The number of benzene rings is 1. The average Bonchev–Trinajstić information content (AvgIpc) is 3.24. The maximum Gasteiger partial charge on any atom is 0.260 e. The van der Waals surface area contributed by atoms with Crippen molar-refractivity contribution < 1.29 is 14.3 Å². The summed E-state index contributed by atoms with van der Waals surface area (Å²) in [7, 11) is 1.91. The number of hydrogen-bond acceptors (Lipinski definition) is 4. The number of para-hydroxylation sites is 1. The number of amides is 2. The zero-order valence-electron chi connectivity index (χ0n) is 19.9. The quantitative estimate of drug-likeness (QED) is 0.776. The number of likely N-dealkylation sites (tertiary alicyclic amines) is 1. The number of aryl methyl sites for hydroxylation is 3. The van der Waals surface area contributed by atoms with Crippen molar-refractivity contribution in [3.63, 3.8) is 0 Å². The molecule has 1 N–H and O–H groups in total. The van der Waals surface area contributed by atoms with E-state index in [-0.39, 0.29) is 17.2 Å². The molecule has 1 saturated heterocycles. The number of carbonyl (C=O) groups excluding carboxylic acids is 2. The number of carbonyl (C=O) groups is 2. The molecular weight excluding hydrogens is 416 g/mol. The minimum absolute atomic E-state index is 0.0485. The van der Waals surface area contributed by atoms with Crippen LogP contribution >= 0.6 is 0 Å². The Hall–Kier alpha value is -2.83. The van der Waals surface area contributed by atoms with Crippen LogP contribution < -0.4 is 10.1 Å². The van der Waals surface area contributed by atoms with Crippen molar-refractivity contribution in [2.45, 2.75) is 64.4 Å². The van der Waals surface area contributed by atoms with Gasteiger partial charge in [-0.2, -0.15) is 5.10 Å². The number of nitrogens with one attached hydrogen (secondary N) is 1. The van der Waals surface area contributed by atoms with Crippen LogP contribution in [0, 0.1) is 5.41 Å². The van der Waals surface area contributed by atoms with E-state index in [1.54, 1.807) is 6.20 Å². The zero-order chi connectivity index (χ0) is 23.3. The van der Waals surface area contributed by atoms with Gasteiger partial charge in [0.05, 0.1) is 0 Å². The van der Waals surface area contributed by atoms with E-state index in [2.05, 4.69) is 16.5 Å². The molecule has 2 aliphatic rings. The Morgan fingerprint density at radius 1 is 1.18 bits per heavy atom. The molecule has 4 rings (SSSR count). The fourth-order valence-corrected chi connectivity index (χ4v) is 5.09. The molecule has 1 aromatic carbocycles. The summed E-state index contributed by atoms with van der Waals surface area (Å²) in [5.41, 5.74) is 2.30.